The molecule has 5 heteroatoms. The van der Waals surface area contributed by atoms with Crippen LogP contribution in [0, 0.1) is 18.6 Å². The molecule has 0 aliphatic carbocycles. The van der Waals surface area contributed by atoms with Gasteiger partial charge < -0.3 is 5.32 Å². The van der Waals surface area contributed by atoms with Crippen molar-refractivity contribution in [1.82, 2.24) is 10.3 Å². The fraction of sp³-hybridized carbons (Fsp3) is 0.250. The van der Waals surface area contributed by atoms with Crippen molar-refractivity contribution in [3.8, 4) is 0 Å². The molecule has 0 aliphatic rings. The minimum absolute atomic E-state index is 0.294. The summed E-state index contributed by atoms with van der Waals surface area (Å²) in [5.74, 6) is -1.59. The number of rotatable bonds is 4. The predicted molar refractivity (Wildman–Crippen MR) is 63.8 cm³/mol. The number of benzene rings is 1. The van der Waals surface area contributed by atoms with Crippen molar-refractivity contribution in [2.24, 2.45) is 0 Å². The van der Waals surface area contributed by atoms with Gasteiger partial charge in [0.05, 0.1) is 0 Å². The third kappa shape index (κ3) is 3.08. The van der Waals surface area contributed by atoms with E-state index < -0.39 is 11.6 Å². The summed E-state index contributed by atoms with van der Waals surface area (Å²) in [6.45, 7) is 2.78. The van der Waals surface area contributed by atoms with E-state index in [2.05, 4.69) is 10.3 Å². The third-order valence-electron chi connectivity index (χ3n) is 2.29. The topological polar surface area (TPSA) is 24.9 Å². The van der Waals surface area contributed by atoms with Gasteiger partial charge in [-0.3, -0.25) is 0 Å². The molecular formula is C12H12F2N2S. The fourth-order valence-corrected chi connectivity index (χ4v) is 2.21. The van der Waals surface area contributed by atoms with E-state index in [0.29, 0.717) is 18.7 Å². The SMILES string of the molecule is Cc1csc(CNCc2cccc(F)c2F)n1. The van der Waals surface area contributed by atoms with Crippen molar-refractivity contribution in [2.45, 2.75) is 20.0 Å². The minimum atomic E-state index is -0.811. The van der Waals surface area contributed by atoms with Gasteiger partial charge in [-0.1, -0.05) is 12.1 Å². The third-order valence-corrected chi connectivity index (χ3v) is 3.26. The molecule has 2 nitrogen and oxygen atoms in total. The lowest BCUT2D eigenvalue weighted by molar-refractivity contribution is 0.492. The Morgan fingerprint density at radius 1 is 1.29 bits per heavy atom. The summed E-state index contributed by atoms with van der Waals surface area (Å²) >= 11 is 1.55. The average Bonchev–Trinajstić information content (AvgIpc) is 2.70. The Kier molecular flexibility index (Phi) is 3.81. The zero-order valence-electron chi connectivity index (χ0n) is 9.34. The highest BCUT2D eigenvalue weighted by Crippen LogP contribution is 2.12. The number of aryl methyl sites for hydroxylation is 1. The first-order valence-electron chi connectivity index (χ1n) is 5.21. The highest BCUT2D eigenvalue weighted by atomic mass is 32.1. The molecule has 1 N–H and O–H groups in total. The number of hydrogen-bond acceptors (Lipinski definition) is 3. The molecule has 1 aromatic carbocycles. The van der Waals surface area contributed by atoms with Gasteiger partial charge in [-0.05, 0) is 13.0 Å². The van der Waals surface area contributed by atoms with Gasteiger partial charge in [-0.2, -0.15) is 0 Å². The molecule has 0 bridgehead atoms. The lowest BCUT2D eigenvalue weighted by Crippen LogP contribution is -2.14. The van der Waals surface area contributed by atoms with Crippen LogP contribution in [0.15, 0.2) is 23.6 Å². The van der Waals surface area contributed by atoms with Gasteiger partial charge in [0, 0.05) is 29.7 Å². The van der Waals surface area contributed by atoms with E-state index in [-0.39, 0.29) is 0 Å². The van der Waals surface area contributed by atoms with Gasteiger partial charge in [-0.15, -0.1) is 11.3 Å². The summed E-state index contributed by atoms with van der Waals surface area (Å²) in [5, 5.41) is 5.94. The molecule has 17 heavy (non-hydrogen) atoms. The van der Waals surface area contributed by atoms with Crippen molar-refractivity contribution >= 4 is 11.3 Å². The molecule has 0 amide bonds. The Morgan fingerprint density at radius 3 is 2.82 bits per heavy atom. The van der Waals surface area contributed by atoms with E-state index in [0.717, 1.165) is 16.8 Å². The molecule has 0 radical (unpaired) electrons. The second kappa shape index (κ2) is 5.33. The summed E-state index contributed by atoms with van der Waals surface area (Å²) < 4.78 is 26.2. The molecule has 0 saturated heterocycles. The molecule has 0 saturated carbocycles. The van der Waals surface area contributed by atoms with E-state index in [9.17, 15) is 8.78 Å². The zero-order valence-corrected chi connectivity index (χ0v) is 10.2. The molecule has 2 aromatic rings. The van der Waals surface area contributed by atoms with Gasteiger partial charge in [0.15, 0.2) is 11.6 Å². The van der Waals surface area contributed by atoms with Crippen LogP contribution >= 0.6 is 11.3 Å². The van der Waals surface area contributed by atoms with Crippen molar-refractivity contribution in [1.29, 1.82) is 0 Å². The van der Waals surface area contributed by atoms with Crippen molar-refractivity contribution in [2.75, 3.05) is 0 Å². The zero-order chi connectivity index (χ0) is 12.3. The lowest BCUT2D eigenvalue weighted by atomic mass is 10.2. The summed E-state index contributed by atoms with van der Waals surface area (Å²) in [4.78, 5) is 4.27. The number of nitrogens with zero attached hydrogens (tertiary/aromatic N) is 1. The van der Waals surface area contributed by atoms with E-state index >= 15 is 0 Å². The molecule has 1 heterocycles. The first-order chi connectivity index (χ1) is 8.16. The largest absolute Gasteiger partial charge is 0.306 e. The number of hydrogen-bond donors (Lipinski definition) is 1. The molecule has 0 spiro atoms. The van der Waals surface area contributed by atoms with Gasteiger partial charge in [-0.25, -0.2) is 13.8 Å². The maximum Gasteiger partial charge on any atom is 0.163 e. The van der Waals surface area contributed by atoms with Gasteiger partial charge >= 0.3 is 0 Å². The number of nitrogens with one attached hydrogen (secondary N) is 1. The van der Waals surface area contributed by atoms with E-state index in [4.69, 9.17) is 0 Å². The molecule has 1 aromatic heterocycles. The first kappa shape index (κ1) is 12.1. The van der Waals surface area contributed by atoms with Crippen LogP contribution in [0.1, 0.15) is 16.3 Å². The van der Waals surface area contributed by atoms with Crippen molar-refractivity contribution < 1.29 is 8.78 Å². The minimum Gasteiger partial charge on any atom is -0.306 e. The van der Waals surface area contributed by atoms with Crippen LogP contribution in [0.5, 0.6) is 0 Å². The number of aromatic nitrogens is 1. The highest BCUT2D eigenvalue weighted by molar-refractivity contribution is 7.09. The van der Waals surface area contributed by atoms with Crippen LogP contribution in [0.25, 0.3) is 0 Å². The first-order valence-corrected chi connectivity index (χ1v) is 6.09. The summed E-state index contributed by atoms with van der Waals surface area (Å²) in [5.41, 5.74) is 1.31. The van der Waals surface area contributed by atoms with Gasteiger partial charge in [0.2, 0.25) is 0 Å². The maximum absolute atomic E-state index is 13.3. The molecule has 90 valence electrons. The fourth-order valence-electron chi connectivity index (χ4n) is 1.47. The van der Waals surface area contributed by atoms with Crippen LogP contribution in [0.4, 0.5) is 8.78 Å². The van der Waals surface area contributed by atoms with Gasteiger partial charge in [0.1, 0.15) is 5.01 Å². The quantitative estimate of drug-likeness (QED) is 0.907. The Labute approximate surface area is 102 Å². The lowest BCUT2D eigenvalue weighted by Gasteiger charge is -2.04. The van der Waals surface area contributed by atoms with Gasteiger partial charge in [0.25, 0.3) is 0 Å². The van der Waals surface area contributed by atoms with Crippen LogP contribution in [0.2, 0.25) is 0 Å². The monoisotopic (exact) mass is 254 g/mol. The second-order valence-electron chi connectivity index (χ2n) is 3.70. The normalized spacial score (nSPS) is 10.8. The van der Waals surface area contributed by atoms with E-state index in [1.54, 1.807) is 17.4 Å². The second-order valence-corrected chi connectivity index (χ2v) is 4.64. The average molecular weight is 254 g/mol. The van der Waals surface area contributed by atoms with Crippen molar-refractivity contribution in [3.63, 3.8) is 0 Å². The Morgan fingerprint density at radius 2 is 2.12 bits per heavy atom. The van der Waals surface area contributed by atoms with Crippen molar-refractivity contribution in [3.05, 3.63) is 51.5 Å². The van der Waals surface area contributed by atoms with Crippen LogP contribution in [0.3, 0.4) is 0 Å². The van der Waals surface area contributed by atoms with Crippen LogP contribution in [-0.2, 0) is 13.1 Å². The predicted octanol–water partition coefficient (Wildman–Crippen LogP) is 3.02. The maximum atomic E-state index is 13.3. The molecular weight excluding hydrogens is 242 g/mol. The number of thiazole rings is 1. The standard InChI is InChI=1S/C12H12F2N2S/c1-8-7-17-11(16-8)6-15-5-9-3-2-4-10(13)12(9)14/h2-4,7,15H,5-6H2,1H3. The van der Waals surface area contributed by atoms with E-state index in [1.807, 2.05) is 12.3 Å². The molecule has 0 unspecified atom stereocenters. The van der Waals surface area contributed by atoms with Crippen LogP contribution in [-0.4, -0.2) is 4.98 Å². The summed E-state index contributed by atoms with van der Waals surface area (Å²) in [6.07, 6.45) is 0. The Balaban J connectivity index is 1.92. The molecule has 0 fully saturated rings. The highest BCUT2D eigenvalue weighted by Gasteiger charge is 2.07. The molecule has 0 aliphatic heterocycles. The van der Waals surface area contributed by atoms with E-state index in [1.165, 1.54) is 6.07 Å². The summed E-state index contributed by atoms with van der Waals surface area (Å²) in [6, 6.07) is 4.19. The number of halogens is 2. The summed E-state index contributed by atoms with van der Waals surface area (Å²) in [7, 11) is 0. The Hall–Kier alpha value is -1.33. The molecule has 0 atom stereocenters. The Bertz CT molecular complexity index is 511. The smallest absolute Gasteiger partial charge is 0.163 e. The van der Waals surface area contributed by atoms with Crippen LogP contribution < -0.4 is 5.32 Å². The molecule has 2 rings (SSSR count).